The molecule has 8 heteroatoms. The van der Waals surface area contributed by atoms with Gasteiger partial charge in [-0.2, -0.15) is 12.7 Å². The Morgan fingerprint density at radius 2 is 1.68 bits per heavy atom. The normalized spacial score (nSPS) is 11.2. The highest BCUT2D eigenvalue weighted by molar-refractivity contribution is 7.87. The number of aryl methyl sites for hydroxylation is 1. The summed E-state index contributed by atoms with van der Waals surface area (Å²) in [6, 6.07) is 11.7. The molecule has 0 spiro atoms. The van der Waals surface area contributed by atoms with Crippen molar-refractivity contribution in [3.8, 4) is 17.2 Å². The maximum absolute atomic E-state index is 12.0. The van der Waals surface area contributed by atoms with E-state index in [2.05, 4.69) is 0 Å². The fourth-order valence-electron chi connectivity index (χ4n) is 1.93. The molecule has 0 aliphatic carbocycles. The third-order valence-corrected chi connectivity index (χ3v) is 4.77. The molecule has 0 saturated carbocycles. The van der Waals surface area contributed by atoms with Gasteiger partial charge >= 0.3 is 10.2 Å². The van der Waals surface area contributed by atoms with Gasteiger partial charge in [0.1, 0.15) is 5.75 Å². The highest BCUT2D eigenvalue weighted by Gasteiger charge is 2.18. The third-order valence-electron chi connectivity index (χ3n) is 3.37. The molecule has 7 nitrogen and oxygen atoms in total. The first-order valence-corrected chi connectivity index (χ1v) is 8.84. The topological polar surface area (TPSA) is 84.9 Å². The maximum atomic E-state index is 12.0. The second-order valence-electron chi connectivity index (χ2n) is 5.50. The van der Waals surface area contributed by atoms with E-state index < -0.39 is 16.1 Å². The lowest BCUT2D eigenvalue weighted by Gasteiger charge is -2.13. The number of methoxy groups -OCH3 is 1. The first-order chi connectivity index (χ1) is 11.7. The molecule has 0 radical (unpaired) electrons. The van der Waals surface area contributed by atoms with Gasteiger partial charge in [-0.3, -0.25) is 4.79 Å². The predicted molar refractivity (Wildman–Crippen MR) is 94.3 cm³/mol. The van der Waals surface area contributed by atoms with E-state index in [0.29, 0.717) is 17.2 Å². The van der Waals surface area contributed by atoms with Crippen LogP contribution in [0.15, 0.2) is 42.5 Å². The average molecular weight is 364 g/mol. The van der Waals surface area contributed by atoms with Gasteiger partial charge in [0.25, 0.3) is 5.91 Å². The average Bonchev–Trinajstić information content (AvgIpc) is 2.56. The van der Waals surface area contributed by atoms with E-state index in [4.69, 9.17) is 9.47 Å². The van der Waals surface area contributed by atoms with Gasteiger partial charge in [-0.05, 0) is 48.9 Å². The first kappa shape index (κ1) is 18.8. The summed E-state index contributed by atoms with van der Waals surface area (Å²) in [7, 11) is 0.394. The second-order valence-corrected chi connectivity index (χ2v) is 7.38. The van der Waals surface area contributed by atoms with Crippen LogP contribution in [0.4, 0.5) is 0 Å². The van der Waals surface area contributed by atoms with Crippen LogP contribution >= 0.6 is 0 Å². The van der Waals surface area contributed by atoms with Crippen LogP contribution in [0.25, 0.3) is 0 Å². The zero-order valence-electron chi connectivity index (χ0n) is 14.4. The fraction of sp³-hybridized carbons (Fsp3) is 0.235. The van der Waals surface area contributed by atoms with Crippen LogP contribution in [-0.4, -0.2) is 39.8 Å². The second kappa shape index (κ2) is 7.54. The number of benzene rings is 2. The minimum atomic E-state index is -3.83. The zero-order chi connectivity index (χ0) is 18.6. The molecule has 0 heterocycles. The lowest BCUT2D eigenvalue weighted by molar-refractivity contribution is 0.0979. The molecule has 0 aromatic heterocycles. The number of carbonyl (C=O) groups is 1. The van der Waals surface area contributed by atoms with Crippen molar-refractivity contribution >= 4 is 16.1 Å². The van der Waals surface area contributed by atoms with Crippen molar-refractivity contribution in [2.45, 2.75) is 6.92 Å². The van der Waals surface area contributed by atoms with Crippen molar-refractivity contribution < 1.29 is 22.7 Å². The molecule has 134 valence electrons. The van der Waals surface area contributed by atoms with E-state index in [1.807, 2.05) is 23.8 Å². The molecule has 0 atom stereocenters. The lowest BCUT2D eigenvalue weighted by atomic mass is 10.2. The largest absolute Gasteiger partial charge is 0.493 e. The number of rotatable bonds is 6. The number of nitrogens with zero attached hydrogens (tertiary/aromatic N) is 1. The predicted octanol–water partition coefficient (Wildman–Crippen LogP) is 2.33. The van der Waals surface area contributed by atoms with Gasteiger partial charge in [-0.15, -0.1) is 0 Å². The number of ether oxygens (including phenoxy) is 2. The van der Waals surface area contributed by atoms with Crippen molar-refractivity contribution in [2.24, 2.45) is 0 Å². The first-order valence-electron chi connectivity index (χ1n) is 7.40. The van der Waals surface area contributed by atoms with Gasteiger partial charge in [0.05, 0.1) is 7.11 Å². The van der Waals surface area contributed by atoms with Gasteiger partial charge in [-0.1, -0.05) is 6.07 Å². The van der Waals surface area contributed by atoms with Gasteiger partial charge in [0, 0.05) is 19.7 Å². The quantitative estimate of drug-likeness (QED) is 0.850. The van der Waals surface area contributed by atoms with Crippen LogP contribution in [-0.2, 0) is 10.2 Å². The summed E-state index contributed by atoms with van der Waals surface area (Å²) in [4.78, 5) is 12.0. The van der Waals surface area contributed by atoms with Crippen molar-refractivity contribution in [3.05, 3.63) is 53.6 Å². The van der Waals surface area contributed by atoms with Crippen LogP contribution in [0, 0.1) is 6.92 Å². The van der Waals surface area contributed by atoms with Crippen LogP contribution in [0.5, 0.6) is 17.2 Å². The smallest absolute Gasteiger partial charge is 0.303 e. The number of hydrogen-bond acceptors (Lipinski definition) is 5. The van der Waals surface area contributed by atoms with Crippen LogP contribution in [0.3, 0.4) is 0 Å². The Kier molecular flexibility index (Phi) is 5.66. The van der Waals surface area contributed by atoms with Gasteiger partial charge < -0.3 is 9.47 Å². The molecule has 0 saturated heterocycles. The minimum Gasteiger partial charge on any atom is -0.493 e. The third kappa shape index (κ3) is 4.71. The van der Waals surface area contributed by atoms with Crippen molar-refractivity contribution in [1.82, 2.24) is 9.03 Å². The molecule has 0 bridgehead atoms. The molecule has 1 N–H and O–H groups in total. The molecule has 2 aromatic carbocycles. The molecule has 0 aliphatic rings. The highest BCUT2D eigenvalue weighted by Crippen LogP contribution is 2.32. The minimum absolute atomic E-state index is 0.202. The Morgan fingerprint density at radius 1 is 1.04 bits per heavy atom. The van der Waals surface area contributed by atoms with Gasteiger partial charge in [0.2, 0.25) is 0 Å². The standard InChI is InChI=1S/C17H20N2O5S/c1-12-5-10-15(16(11-12)23-4)24-14-8-6-13(7-9-14)17(20)18-25(21,22)19(2)3/h5-11H,1-4H3,(H,18,20). The Balaban J connectivity index is 2.14. The van der Waals surface area contributed by atoms with E-state index in [1.165, 1.54) is 26.2 Å². The van der Waals surface area contributed by atoms with E-state index in [-0.39, 0.29) is 5.56 Å². The Labute approximate surface area is 147 Å². The molecule has 0 unspecified atom stereocenters. The van der Waals surface area contributed by atoms with Gasteiger partial charge in [0.15, 0.2) is 11.5 Å². The maximum Gasteiger partial charge on any atom is 0.303 e. The van der Waals surface area contributed by atoms with E-state index >= 15 is 0 Å². The molecular weight excluding hydrogens is 344 g/mol. The SMILES string of the molecule is COc1cc(C)ccc1Oc1ccc(C(=O)NS(=O)(=O)N(C)C)cc1. The summed E-state index contributed by atoms with van der Waals surface area (Å²) >= 11 is 0. The number of hydrogen-bond donors (Lipinski definition) is 1. The van der Waals surface area contributed by atoms with Crippen molar-refractivity contribution in [2.75, 3.05) is 21.2 Å². The zero-order valence-corrected chi connectivity index (χ0v) is 15.3. The summed E-state index contributed by atoms with van der Waals surface area (Å²) in [5.74, 6) is 0.918. The van der Waals surface area contributed by atoms with E-state index in [1.54, 1.807) is 25.3 Å². The van der Waals surface area contributed by atoms with Gasteiger partial charge in [-0.25, -0.2) is 4.72 Å². The van der Waals surface area contributed by atoms with E-state index in [9.17, 15) is 13.2 Å². The highest BCUT2D eigenvalue weighted by atomic mass is 32.2. The molecule has 0 fully saturated rings. The lowest BCUT2D eigenvalue weighted by Crippen LogP contribution is -2.39. The summed E-state index contributed by atoms with van der Waals surface area (Å²) in [6.07, 6.45) is 0. The van der Waals surface area contributed by atoms with Crippen molar-refractivity contribution in [3.63, 3.8) is 0 Å². The summed E-state index contributed by atoms with van der Waals surface area (Å²) in [5, 5.41) is 0. The summed E-state index contributed by atoms with van der Waals surface area (Å²) < 4.78 is 37.3. The number of carbonyl (C=O) groups excluding carboxylic acids is 1. The number of nitrogens with one attached hydrogen (secondary N) is 1. The van der Waals surface area contributed by atoms with Crippen LogP contribution in [0.2, 0.25) is 0 Å². The molecule has 2 rings (SSSR count). The molecule has 0 aliphatic heterocycles. The number of amides is 1. The summed E-state index contributed by atoms with van der Waals surface area (Å²) in [5.41, 5.74) is 1.24. The molecule has 1 amide bonds. The van der Waals surface area contributed by atoms with E-state index in [0.717, 1.165) is 9.87 Å². The Hall–Kier alpha value is -2.58. The van der Waals surface area contributed by atoms with Crippen LogP contribution in [0.1, 0.15) is 15.9 Å². The summed E-state index contributed by atoms with van der Waals surface area (Å²) in [6.45, 7) is 1.95. The van der Waals surface area contributed by atoms with Crippen molar-refractivity contribution in [1.29, 1.82) is 0 Å². The van der Waals surface area contributed by atoms with Crippen LogP contribution < -0.4 is 14.2 Å². The molecule has 2 aromatic rings. The Bertz CT molecular complexity index is 861. The fourth-order valence-corrected chi connectivity index (χ4v) is 2.46. The molecule has 25 heavy (non-hydrogen) atoms. The Morgan fingerprint density at radius 3 is 2.24 bits per heavy atom. The monoisotopic (exact) mass is 364 g/mol. The molecular formula is C17H20N2O5S.